The van der Waals surface area contributed by atoms with Crippen molar-refractivity contribution in [3.63, 3.8) is 0 Å². The van der Waals surface area contributed by atoms with Crippen LogP contribution in [-0.4, -0.2) is 15.6 Å². The third-order valence-corrected chi connectivity index (χ3v) is 3.12. The molecule has 1 aromatic heterocycles. The van der Waals surface area contributed by atoms with Crippen molar-refractivity contribution in [2.75, 3.05) is 5.73 Å². The van der Waals surface area contributed by atoms with E-state index in [1.807, 2.05) is 13.0 Å². The Morgan fingerprint density at radius 1 is 1.37 bits per heavy atom. The number of aliphatic carboxylic acids is 1. The average molecular weight is 260 g/mol. The van der Waals surface area contributed by atoms with Crippen LogP contribution in [0.1, 0.15) is 18.4 Å². The van der Waals surface area contributed by atoms with Crippen LogP contribution in [0, 0.1) is 6.92 Å². The van der Waals surface area contributed by atoms with E-state index in [-0.39, 0.29) is 12.0 Å². The van der Waals surface area contributed by atoms with E-state index in [9.17, 15) is 9.59 Å². The predicted molar refractivity (Wildman–Crippen MR) is 74.2 cm³/mol. The van der Waals surface area contributed by atoms with Gasteiger partial charge in [-0.25, -0.2) is 0 Å². The van der Waals surface area contributed by atoms with E-state index < -0.39 is 5.97 Å². The van der Waals surface area contributed by atoms with Crippen LogP contribution in [-0.2, 0) is 11.3 Å². The summed E-state index contributed by atoms with van der Waals surface area (Å²) in [5, 5.41) is 9.62. The highest BCUT2D eigenvalue weighted by atomic mass is 16.4. The Balaban J connectivity index is 2.49. The number of carbonyl (C=O) groups is 1. The molecule has 0 amide bonds. The number of nitrogens with zero attached hydrogens (tertiary/aromatic N) is 1. The highest BCUT2D eigenvalue weighted by Gasteiger charge is 2.07. The van der Waals surface area contributed by atoms with Gasteiger partial charge >= 0.3 is 5.97 Å². The molecule has 19 heavy (non-hydrogen) atoms. The van der Waals surface area contributed by atoms with Gasteiger partial charge in [0.05, 0.1) is 5.52 Å². The molecule has 0 aliphatic heterocycles. The van der Waals surface area contributed by atoms with Crippen LogP contribution in [0.15, 0.2) is 29.1 Å². The number of nitrogens with two attached hydrogens (primary N) is 1. The fourth-order valence-corrected chi connectivity index (χ4v) is 2.18. The summed E-state index contributed by atoms with van der Waals surface area (Å²) in [6, 6.07) is 7.00. The second-order valence-corrected chi connectivity index (χ2v) is 4.59. The maximum atomic E-state index is 12.0. The Bertz CT molecular complexity index is 689. The largest absolute Gasteiger partial charge is 0.481 e. The zero-order valence-corrected chi connectivity index (χ0v) is 10.7. The summed E-state index contributed by atoms with van der Waals surface area (Å²) in [5.74, 6) is -0.857. The topological polar surface area (TPSA) is 85.3 Å². The molecule has 1 aromatic carbocycles. The van der Waals surface area contributed by atoms with Crippen molar-refractivity contribution in [1.29, 1.82) is 0 Å². The summed E-state index contributed by atoms with van der Waals surface area (Å²) in [6.45, 7) is 2.26. The molecule has 2 rings (SSSR count). The molecule has 0 aliphatic carbocycles. The quantitative estimate of drug-likeness (QED) is 0.820. The minimum atomic E-state index is -0.857. The number of rotatable bonds is 4. The maximum Gasteiger partial charge on any atom is 0.303 e. The molecule has 0 spiro atoms. The smallest absolute Gasteiger partial charge is 0.303 e. The van der Waals surface area contributed by atoms with Gasteiger partial charge in [-0.3, -0.25) is 9.59 Å². The molecule has 3 N–H and O–H groups in total. The summed E-state index contributed by atoms with van der Waals surface area (Å²) in [5.41, 5.74) is 7.88. The van der Waals surface area contributed by atoms with E-state index in [2.05, 4.69) is 0 Å². The third kappa shape index (κ3) is 2.76. The van der Waals surface area contributed by atoms with E-state index in [0.29, 0.717) is 18.7 Å². The van der Waals surface area contributed by atoms with E-state index in [1.54, 1.807) is 22.8 Å². The number of hydrogen-bond donors (Lipinski definition) is 2. The van der Waals surface area contributed by atoms with Crippen molar-refractivity contribution in [2.45, 2.75) is 26.3 Å². The zero-order chi connectivity index (χ0) is 14.0. The number of aryl methyl sites for hydroxylation is 2. The highest BCUT2D eigenvalue weighted by Crippen LogP contribution is 2.19. The summed E-state index contributed by atoms with van der Waals surface area (Å²) < 4.78 is 1.58. The van der Waals surface area contributed by atoms with Crippen molar-refractivity contribution in [1.82, 2.24) is 4.57 Å². The lowest BCUT2D eigenvalue weighted by atomic mass is 10.1. The molecule has 0 saturated carbocycles. The van der Waals surface area contributed by atoms with Crippen LogP contribution in [0.3, 0.4) is 0 Å². The molecule has 0 atom stereocenters. The number of pyridine rings is 1. The van der Waals surface area contributed by atoms with E-state index >= 15 is 0 Å². The molecule has 2 aromatic rings. The Morgan fingerprint density at radius 2 is 2.11 bits per heavy atom. The summed E-state index contributed by atoms with van der Waals surface area (Å²) in [4.78, 5) is 22.6. The third-order valence-electron chi connectivity index (χ3n) is 3.12. The number of anilines is 1. The Kier molecular flexibility index (Phi) is 3.55. The summed E-state index contributed by atoms with van der Waals surface area (Å²) >= 11 is 0. The zero-order valence-electron chi connectivity index (χ0n) is 10.7. The normalized spacial score (nSPS) is 10.8. The second-order valence-electron chi connectivity index (χ2n) is 4.59. The van der Waals surface area contributed by atoms with Crippen molar-refractivity contribution in [3.8, 4) is 0 Å². The van der Waals surface area contributed by atoms with Gasteiger partial charge in [-0.05, 0) is 31.0 Å². The van der Waals surface area contributed by atoms with Crippen molar-refractivity contribution in [3.05, 3.63) is 40.2 Å². The van der Waals surface area contributed by atoms with Gasteiger partial charge in [0, 0.05) is 30.1 Å². The molecule has 0 saturated heterocycles. The molecular weight excluding hydrogens is 244 g/mol. The lowest BCUT2D eigenvalue weighted by Gasteiger charge is -2.12. The monoisotopic (exact) mass is 260 g/mol. The molecule has 5 heteroatoms. The molecule has 0 unspecified atom stereocenters. The van der Waals surface area contributed by atoms with Gasteiger partial charge in [0.2, 0.25) is 0 Å². The number of benzene rings is 1. The SMILES string of the molecule is Cc1cc(=O)n(CCCC(=O)O)c2cc(N)ccc12. The van der Waals surface area contributed by atoms with Crippen molar-refractivity contribution in [2.24, 2.45) is 0 Å². The first-order chi connectivity index (χ1) is 8.99. The number of carboxylic acids is 1. The van der Waals surface area contributed by atoms with Crippen LogP contribution in [0.25, 0.3) is 10.9 Å². The number of nitrogen functional groups attached to an aromatic ring is 1. The summed E-state index contributed by atoms with van der Waals surface area (Å²) in [6.07, 6.45) is 0.465. The molecule has 5 nitrogen and oxygen atoms in total. The fourth-order valence-electron chi connectivity index (χ4n) is 2.18. The van der Waals surface area contributed by atoms with Crippen molar-refractivity contribution < 1.29 is 9.90 Å². The van der Waals surface area contributed by atoms with Crippen LogP contribution in [0.5, 0.6) is 0 Å². The first kappa shape index (κ1) is 13.1. The standard InChI is InChI=1S/C14H16N2O3/c1-9-7-13(17)16(6-2-3-14(18)19)12-8-10(15)4-5-11(9)12/h4-5,7-8H,2-3,6,15H2,1H3,(H,18,19). The second kappa shape index (κ2) is 5.14. The van der Waals surface area contributed by atoms with Crippen LogP contribution < -0.4 is 11.3 Å². The first-order valence-electron chi connectivity index (χ1n) is 6.10. The molecule has 0 radical (unpaired) electrons. The maximum absolute atomic E-state index is 12.0. The Hall–Kier alpha value is -2.30. The number of aromatic nitrogens is 1. The van der Waals surface area contributed by atoms with E-state index in [1.165, 1.54) is 0 Å². The number of hydrogen-bond acceptors (Lipinski definition) is 3. The van der Waals surface area contributed by atoms with Gasteiger partial charge in [0.15, 0.2) is 0 Å². The summed E-state index contributed by atoms with van der Waals surface area (Å²) in [7, 11) is 0. The Morgan fingerprint density at radius 3 is 2.79 bits per heavy atom. The van der Waals surface area contributed by atoms with Gasteiger partial charge in [0.25, 0.3) is 5.56 Å². The molecule has 1 heterocycles. The van der Waals surface area contributed by atoms with Gasteiger partial charge < -0.3 is 15.4 Å². The molecule has 0 fully saturated rings. The van der Waals surface area contributed by atoms with Gasteiger partial charge in [0.1, 0.15) is 0 Å². The molecular formula is C14H16N2O3. The predicted octanol–water partition coefficient (Wildman–Crippen LogP) is 1.76. The molecule has 0 aliphatic rings. The minimum absolute atomic E-state index is 0.0458. The van der Waals surface area contributed by atoms with Crippen molar-refractivity contribution >= 4 is 22.6 Å². The van der Waals surface area contributed by atoms with Gasteiger partial charge in [-0.1, -0.05) is 6.07 Å². The fraction of sp³-hybridized carbons (Fsp3) is 0.286. The van der Waals surface area contributed by atoms with Crippen LogP contribution >= 0.6 is 0 Å². The first-order valence-corrected chi connectivity index (χ1v) is 6.10. The van der Waals surface area contributed by atoms with Gasteiger partial charge in [-0.2, -0.15) is 0 Å². The van der Waals surface area contributed by atoms with E-state index in [4.69, 9.17) is 10.8 Å². The average Bonchev–Trinajstić information content (AvgIpc) is 2.32. The highest BCUT2D eigenvalue weighted by molar-refractivity contribution is 5.85. The van der Waals surface area contributed by atoms with Crippen LogP contribution in [0.4, 0.5) is 5.69 Å². The number of fused-ring (bicyclic) bond motifs is 1. The Labute approximate surface area is 110 Å². The van der Waals surface area contributed by atoms with Crippen LogP contribution in [0.2, 0.25) is 0 Å². The van der Waals surface area contributed by atoms with E-state index in [0.717, 1.165) is 16.5 Å². The lowest BCUT2D eigenvalue weighted by Crippen LogP contribution is -2.21. The molecule has 100 valence electrons. The lowest BCUT2D eigenvalue weighted by molar-refractivity contribution is -0.137. The minimum Gasteiger partial charge on any atom is -0.481 e. The molecule has 0 bridgehead atoms. The van der Waals surface area contributed by atoms with Gasteiger partial charge in [-0.15, -0.1) is 0 Å². The number of carboxylic acid groups (broad SMARTS) is 1.